The van der Waals surface area contributed by atoms with E-state index in [0.29, 0.717) is 11.3 Å². The molecule has 1 aromatic carbocycles. The maximum Gasteiger partial charge on any atom is 0.349 e. The minimum absolute atomic E-state index is 0.309. The molecule has 17 heavy (non-hydrogen) atoms. The maximum absolute atomic E-state index is 11.5. The first-order valence-corrected chi connectivity index (χ1v) is 5.03. The van der Waals surface area contributed by atoms with Crippen LogP contribution >= 0.6 is 0 Å². The minimum Gasteiger partial charge on any atom is -0.399 e. The van der Waals surface area contributed by atoms with E-state index in [-0.39, 0.29) is 5.69 Å². The van der Waals surface area contributed by atoms with Crippen molar-refractivity contribution in [3.8, 4) is 11.1 Å². The van der Waals surface area contributed by atoms with Gasteiger partial charge in [0.1, 0.15) is 0 Å². The van der Waals surface area contributed by atoms with Gasteiger partial charge in [0.05, 0.1) is 12.5 Å². The first-order valence-electron chi connectivity index (χ1n) is 5.03. The molecule has 0 aliphatic rings. The van der Waals surface area contributed by atoms with Crippen molar-refractivity contribution in [2.24, 2.45) is 0 Å². The van der Waals surface area contributed by atoms with Gasteiger partial charge in [0.25, 0.3) is 0 Å². The molecule has 6 nitrogen and oxygen atoms in total. The third-order valence-corrected chi connectivity index (χ3v) is 2.53. The topological polar surface area (TPSA) is 89.1 Å². The quantitative estimate of drug-likeness (QED) is 0.598. The van der Waals surface area contributed by atoms with Gasteiger partial charge < -0.3 is 5.73 Å². The molecule has 0 saturated carbocycles. The van der Waals surface area contributed by atoms with E-state index in [1.807, 2.05) is 12.1 Å². The van der Waals surface area contributed by atoms with E-state index in [0.717, 1.165) is 11.1 Å². The predicted octanol–water partition coefficient (Wildman–Crippen LogP) is 0.667. The number of nitrogens with one attached hydrogen (secondary N) is 1. The lowest BCUT2D eigenvalue weighted by atomic mass is 10.1. The fraction of sp³-hybridized carbons (Fsp3) is 0. The van der Waals surface area contributed by atoms with Crippen molar-refractivity contribution >= 4 is 11.3 Å². The Bertz CT molecular complexity index is 725. The van der Waals surface area contributed by atoms with Gasteiger partial charge in [-0.2, -0.15) is 9.61 Å². The molecule has 2 heterocycles. The Morgan fingerprint density at radius 2 is 2.00 bits per heavy atom. The second kappa shape index (κ2) is 3.44. The van der Waals surface area contributed by atoms with Crippen LogP contribution in [0.15, 0.2) is 41.6 Å². The summed E-state index contributed by atoms with van der Waals surface area (Å²) in [6, 6.07) is 7.34. The first-order chi connectivity index (χ1) is 8.25. The molecule has 3 N–H and O–H groups in total. The van der Waals surface area contributed by atoms with Gasteiger partial charge in [-0.1, -0.05) is 12.1 Å². The number of rotatable bonds is 1. The Kier molecular flexibility index (Phi) is 1.94. The lowest BCUT2D eigenvalue weighted by Crippen LogP contribution is -2.17. The van der Waals surface area contributed by atoms with Crippen molar-refractivity contribution in [1.82, 2.24) is 19.6 Å². The molecule has 0 aliphatic carbocycles. The van der Waals surface area contributed by atoms with Crippen LogP contribution in [0.1, 0.15) is 0 Å². The Hall–Kier alpha value is -2.63. The predicted molar refractivity (Wildman–Crippen MR) is 63.5 cm³/mol. The van der Waals surface area contributed by atoms with E-state index in [2.05, 4.69) is 15.1 Å². The van der Waals surface area contributed by atoms with Gasteiger partial charge in [-0.3, -0.25) is 4.98 Å². The number of hydrogen-bond donors (Lipinski definition) is 2. The summed E-state index contributed by atoms with van der Waals surface area (Å²) in [6.45, 7) is 0. The highest BCUT2D eigenvalue weighted by molar-refractivity contribution is 5.77. The van der Waals surface area contributed by atoms with Crippen molar-refractivity contribution < 1.29 is 0 Å². The summed E-state index contributed by atoms with van der Waals surface area (Å²) in [5, 5.41) is 4.00. The van der Waals surface area contributed by atoms with Crippen LogP contribution in [0.5, 0.6) is 0 Å². The molecule has 3 aromatic rings. The number of anilines is 1. The summed E-state index contributed by atoms with van der Waals surface area (Å²) in [7, 11) is 0. The van der Waals surface area contributed by atoms with E-state index in [1.54, 1.807) is 18.3 Å². The molecule has 0 radical (unpaired) electrons. The number of benzene rings is 1. The maximum atomic E-state index is 11.5. The van der Waals surface area contributed by atoms with Gasteiger partial charge in [0, 0.05) is 11.3 Å². The van der Waals surface area contributed by atoms with Crippen LogP contribution in [0.3, 0.4) is 0 Å². The third-order valence-electron chi connectivity index (χ3n) is 2.53. The highest BCUT2D eigenvalue weighted by Crippen LogP contribution is 2.22. The van der Waals surface area contributed by atoms with E-state index in [1.165, 1.54) is 10.8 Å². The van der Waals surface area contributed by atoms with Gasteiger partial charge in [-0.05, 0) is 17.7 Å². The van der Waals surface area contributed by atoms with Crippen LogP contribution in [0.4, 0.5) is 5.69 Å². The Morgan fingerprint density at radius 1 is 1.24 bits per heavy atom. The number of aromatic nitrogens is 4. The molecule has 2 aromatic heterocycles. The van der Waals surface area contributed by atoms with E-state index < -0.39 is 0 Å². The first kappa shape index (κ1) is 9.59. The van der Waals surface area contributed by atoms with Crippen molar-refractivity contribution in [2.45, 2.75) is 0 Å². The molecule has 0 fully saturated rings. The van der Waals surface area contributed by atoms with Crippen LogP contribution in [0, 0.1) is 0 Å². The van der Waals surface area contributed by atoms with Gasteiger partial charge in [0.15, 0.2) is 5.65 Å². The summed E-state index contributed by atoms with van der Waals surface area (Å²) < 4.78 is 1.23. The molecule has 3 rings (SSSR count). The van der Waals surface area contributed by atoms with Crippen molar-refractivity contribution in [3.05, 3.63) is 47.3 Å². The molecular formula is C11H9N5O. The summed E-state index contributed by atoms with van der Waals surface area (Å²) in [5.41, 5.74) is 8.26. The van der Waals surface area contributed by atoms with E-state index in [4.69, 9.17) is 5.73 Å². The average Bonchev–Trinajstić information content (AvgIpc) is 2.75. The summed E-state index contributed by atoms with van der Waals surface area (Å²) >= 11 is 0. The third kappa shape index (κ3) is 1.46. The average molecular weight is 227 g/mol. The number of fused-ring (bicyclic) bond motifs is 1. The summed E-state index contributed by atoms with van der Waals surface area (Å²) in [6.07, 6.45) is 2.98. The van der Waals surface area contributed by atoms with Gasteiger partial charge >= 0.3 is 5.69 Å². The summed E-state index contributed by atoms with van der Waals surface area (Å²) in [5.74, 6) is 0. The fourth-order valence-corrected chi connectivity index (χ4v) is 1.69. The van der Waals surface area contributed by atoms with Crippen molar-refractivity contribution in [2.75, 3.05) is 5.73 Å². The SMILES string of the molecule is Nc1ccc(-c2cnn3c(=O)[nH]cnc23)cc1. The molecule has 0 amide bonds. The normalized spacial score (nSPS) is 10.8. The molecule has 0 spiro atoms. The molecule has 0 aliphatic heterocycles. The number of nitrogens with two attached hydrogens (primary N) is 1. The smallest absolute Gasteiger partial charge is 0.349 e. The number of nitrogen functional groups attached to an aromatic ring is 1. The molecule has 0 saturated heterocycles. The van der Waals surface area contributed by atoms with Crippen LogP contribution in [0.25, 0.3) is 16.8 Å². The zero-order valence-electron chi connectivity index (χ0n) is 8.79. The summed E-state index contributed by atoms with van der Waals surface area (Å²) in [4.78, 5) is 18.0. The molecule has 6 heteroatoms. The number of aromatic amines is 1. The van der Waals surface area contributed by atoms with Gasteiger partial charge in [0.2, 0.25) is 0 Å². The number of H-pyrrole nitrogens is 1. The van der Waals surface area contributed by atoms with Crippen molar-refractivity contribution in [3.63, 3.8) is 0 Å². The van der Waals surface area contributed by atoms with Crippen LogP contribution < -0.4 is 11.4 Å². The molecule has 0 bridgehead atoms. The number of hydrogen-bond acceptors (Lipinski definition) is 4. The fourth-order valence-electron chi connectivity index (χ4n) is 1.69. The molecule has 0 unspecified atom stereocenters. The largest absolute Gasteiger partial charge is 0.399 e. The zero-order valence-corrected chi connectivity index (χ0v) is 8.79. The minimum atomic E-state index is -0.309. The van der Waals surface area contributed by atoms with E-state index >= 15 is 0 Å². The number of nitrogens with zero attached hydrogens (tertiary/aromatic N) is 3. The highest BCUT2D eigenvalue weighted by atomic mass is 16.1. The van der Waals surface area contributed by atoms with Crippen molar-refractivity contribution in [1.29, 1.82) is 0 Å². The molecule has 84 valence electrons. The Morgan fingerprint density at radius 3 is 2.76 bits per heavy atom. The second-order valence-electron chi connectivity index (χ2n) is 3.62. The lowest BCUT2D eigenvalue weighted by molar-refractivity contribution is 0.840. The van der Waals surface area contributed by atoms with Crippen LogP contribution in [-0.4, -0.2) is 19.6 Å². The highest BCUT2D eigenvalue weighted by Gasteiger charge is 2.08. The van der Waals surface area contributed by atoms with Crippen LogP contribution in [0.2, 0.25) is 0 Å². The van der Waals surface area contributed by atoms with Crippen LogP contribution in [-0.2, 0) is 0 Å². The van der Waals surface area contributed by atoms with Gasteiger partial charge in [-0.15, -0.1) is 0 Å². The van der Waals surface area contributed by atoms with Gasteiger partial charge in [-0.25, -0.2) is 9.78 Å². The molecular weight excluding hydrogens is 218 g/mol. The Balaban J connectivity index is 2.28. The Labute approximate surface area is 95.7 Å². The standard InChI is InChI=1S/C11H9N5O/c12-8-3-1-7(2-4-8)9-5-15-16-10(9)13-6-14-11(16)17/h1-6H,12H2,(H,13,14,17). The van der Waals surface area contributed by atoms with E-state index in [9.17, 15) is 4.79 Å². The molecule has 0 atom stereocenters. The zero-order chi connectivity index (χ0) is 11.8. The lowest BCUT2D eigenvalue weighted by Gasteiger charge is -1.98. The second-order valence-corrected chi connectivity index (χ2v) is 3.62. The monoisotopic (exact) mass is 227 g/mol.